The van der Waals surface area contributed by atoms with E-state index in [1.165, 1.54) is 4.90 Å². The fraction of sp³-hybridized carbons (Fsp3) is 0.333. The van der Waals surface area contributed by atoms with Gasteiger partial charge in [-0.1, -0.05) is 12.1 Å². The summed E-state index contributed by atoms with van der Waals surface area (Å²) in [5, 5.41) is 20.2. The van der Waals surface area contributed by atoms with Gasteiger partial charge in [-0.15, -0.1) is 0 Å². The molecular weight excluding hydrogens is 466 g/mol. The van der Waals surface area contributed by atoms with E-state index < -0.39 is 11.7 Å². The predicted molar refractivity (Wildman–Crippen MR) is 115 cm³/mol. The molecule has 0 saturated carbocycles. The molecule has 2 amide bonds. The Kier molecular flexibility index (Phi) is 4.81. The number of carbonyl (C=O) groups excluding carboxylic acids is 1. The number of hydrogen-bond acceptors (Lipinski definition) is 5. The van der Waals surface area contributed by atoms with Crippen LogP contribution in [0.25, 0.3) is 10.9 Å². The summed E-state index contributed by atoms with van der Waals surface area (Å²) in [6, 6.07) is 7.04. The number of H-pyrrole nitrogens is 1. The molecule has 5 rings (SSSR count). The van der Waals surface area contributed by atoms with Gasteiger partial charge in [0.05, 0.1) is 29.5 Å². The average molecular weight is 486 g/mol. The van der Waals surface area contributed by atoms with Crippen molar-refractivity contribution in [3.05, 3.63) is 52.4 Å². The highest BCUT2D eigenvalue weighted by molar-refractivity contribution is 9.10. The molecule has 160 valence electrons. The van der Waals surface area contributed by atoms with Crippen LogP contribution in [0.1, 0.15) is 41.2 Å². The molecule has 2 aromatic heterocycles. The highest BCUT2D eigenvalue weighted by Gasteiger charge is 2.44. The number of halogens is 1. The number of para-hydroxylation sites is 1. The fourth-order valence-corrected chi connectivity index (χ4v) is 4.83. The van der Waals surface area contributed by atoms with Gasteiger partial charge in [0.1, 0.15) is 16.0 Å². The molecule has 1 fully saturated rings. The number of fused-ring (bicyclic) bond motifs is 2. The third-order valence-corrected chi connectivity index (χ3v) is 6.55. The van der Waals surface area contributed by atoms with Crippen molar-refractivity contribution < 1.29 is 19.4 Å². The summed E-state index contributed by atoms with van der Waals surface area (Å²) >= 11 is 3.40. The molecule has 0 radical (unpaired) electrons. The summed E-state index contributed by atoms with van der Waals surface area (Å²) in [5.74, 6) is 0.405. The number of ether oxygens (including phenoxy) is 1. The number of nitrogens with one attached hydrogen (secondary N) is 2. The van der Waals surface area contributed by atoms with Crippen molar-refractivity contribution in [3.8, 4) is 5.75 Å². The van der Waals surface area contributed by atoms with Gasteiger partial charge in [0.2, 0.25) is 0 Å². The molecule has 0 unspecified atom stereocenters. The van der Waals surface area contributed by atoms with Gasteiger partial charge in [0.25, 0.3) is 5.91 Å². The molecule has 1 spiro atoms. The van der Waals surface area contributed by atoms with E-state index in [9.17, 15) is 14.7 Å². The minimum Gasteiger partial charge on any atom is -0.485 e. The Hall–Kier alpha value is -3.14. The Morgan fingerprint density at radius 3 is 2.87 bits per heavy atom. The quantitative estimate of drug-likeness (QED) is 0.477. The van der Waals surface area contributed by atoms with Gasteiger partial charge < -0.3 is 20.1 Å². The number of benzene rings is 1. The topological polar surface area (TPSA) is 120 Å². The van der Waals surface area contributed by atoms with E-state index in [0.29, 0.717) is 53.8 Å². The van der Waals surface area contributed by atoms with Crippen LogP contribution in [0, 0.1) is 0 Å². The van der Waals surface area contributed by atoms with Gasteiger partial charge >= 0.3 is 6.09 Å². The van der Waals surface area contributed by atoms with E-state index in [1.807, 2.05) is 18.2 Å². The fourth-order valence-electron chi connectivity index (χ4n) is 4.48. The zero-order valence-corrected chi connectivity index (χ0v) is 18.1. The lowest BCUT2D eigenvalue weighted by Gasteiger charge is -2.46. The Labute approximate surface area is 185 Å². The number of carbonyl (C=O) groups is 2. The lowest BCUT2D eigenvalue weighted by atomic mass is 9.81. The molecule has 2 aliphatic rings. The normalized spacial score (nSPS) is 19.6. The number of aromatic amines is 1. The van der Waals surface area contributed by atoms with Crippen LogP contribution in [0.5, 0.6) is 5.75 Å². The maximum atomic E-state index is 13.2. The monoisotopic (exact) mass is 485 g/mol. The predicted octanol–water partition coefficient (Wildman–Crippen LogP) is 3.49. The number of pyridine rings is 1. The number of hydrogen-bond donors (Lipinski definition) is 3. The molecular formula is C21H20BrN5O4. The van der Waals surface area contributed by atoms with E-state index in [4.69, 9.17) is 4.74 Å². The van der Waals surface area contributed by atoms with Crippen molar-refractivity contribution >= 4 is 38.8 Å². The Morgan fingerprint density at radius 1 is 1.29 bits per heavy atom. The van der Waals surface area contributed by atoms with Crippen molar-refractivity contribution in [3.63, 3.8) is 0 Å². The number of carboxylic acid groups (broad SMARTS) is 1. The first kappa shape index (κ1) is 19.8. The molecule has 0 bridgehead atoms. The van der Waals surface area contributed by atoms with Crippen LogP contribution in [0.3, 0.4) is 0 Å². The zero-order chi connectivity index (χ0) is 21.6. The van der Waals surface area contributed by atoms with Crippen molar-refractivity contribution in [2.45, 2.75) is 30.9 Å². The lowest BCUT2D eigenvalue weighted by Crippen LogP contribution is -2.53. The van der Waals surface area contributed by atoms with Crippen molar-refractivity contribution in [1.29, 1.82) is 0 Å². The average Bonchev–Trinajstić information content (AvgIpc) is 3.23. The molecule has 3 N–H and O–H groups in total. The first-order valence-corrected chi connectivity index (χ1v) is 10.8. The van der Waals surface area contributed by atoms with Crippen LogP contribution in [0.4, 0.5) is 4.79 Å². The highest BCUT2D eigenvalue weighted by Crippen LogP contribution is 2.44. The van der Waals surface area contributed by atoms with E-state index >= 15 is 0 Å². The van der Waals surface area contributed by atoms with Crippen molar-refractivity contribution in [2.75, 3.05) is 13.1 Å². The second kappa shape index (κ2) is 7.52. The molecule has 2 aliphatic heterocycles. The second-order valence-corrected chi connectivity index (χ2v) is 8.78. The van der Waals surface area contributed by atoms with Gasteiger partial charge in [0.15, 0.2) is 0 Å². The summed E-state index contributed by atoms with van der Waals surface area (Å²) in [7, 11) is 0. The number of nitrogens with zero attached hydrogens (tertiary/aromatic N) is 3. The van der Waals surface area contributed by atoms with E-state index in [2.05, 4.69) is 36.4 Å². The van der Waals surface area contributed by atoms with Gasteiger partial charge in [-0.05, 0) is 28.1 Å². The van der Waals surface area contributed by atoms with Crippen molar-refractivity contribution in [2.24, 2.45) is 0 Å². The SMILES string of the molecule is O=C(N[C@H]1CC2(CCN(C(=O)O)CC2)Oc2cnc(Br)cc21)c1cccc2cn[nH]c12. The molecule has 3 aromatic rings. The molecule has 1 aromatic carbocycles. The number of aromatic nitrogens is 3. The van der Waals surface area contributed by atoms with Gasteiger partial charge in [-0.25, -0.2) is 9.78 Å². The van der Waals surface area contributed by atoms with Gasteiger partial charge in [0, 0.05) is 43.3 Å². The first-order chi connectivity index (χ1) is 14.9. The Morgan fingerprint density at radius 2 is 2.10 bits per heavy atom. The van der Waals surface area contributed by atoms with E-state index in [0.717, 1.165) is 10.9 Å². The third-order valence-electron chi connectivity index (χ3n) is 6.11. The maximum absolute atomic E-state index is 13.2. The molecule has 4 heterocycles. The molecule has 9 nitrogen and oxygen atoms in total. The molecule has 31 heavy (non-hydrogen) atoms. The largest absolute Gasteiger partial charge is 0.485 e. The summed E-state index contributed by atoms with van der Waals surface area (Å²) in [5.41, 5.74) is 1.50. The Bertz CT molecular complexity index is 1170. The smallest absolute Gasteiger partial charge is 0.407 e. The van der Waals surface area contributed by atoms with Crippen LogP contribution >= 0.6 is 15.9 Å². The standard InChI is InChI=1S/C21H20BrN5O4/c22-17-8-14-15(25-19(28)13-3-1-2-12-10-24-26-18(12)13)9-21(31-16(14)11-23-17)4-6-27(7-5-21)20(29)30/h1-3,8,10-11,15H,4-7,9H2,(H,24,26)(H,25,28)(H,29,30)/t15-/m0/s1. The summed E-state index contributed by atoms with van der Waals surface area (Å²) in [6.07, 6.45) is 4.07. The number of rotatable bonds is 2. The minimum absolute atomic E-state index is 0.209. The second-order valence-electron chi connectivity index (χ2n) is 7.97. The molecule has 0 aliphatic carbocycles. The van der Waals surface area contributed by atoms with Gasteiger partial charge in [-0.2, -0.15) is 5.10 Å². The zero-order valence-electron chi connectivity index (χ0n) is 16.5. The maximum Gasteiger partial charge on any atom is 0.407 e. The van der Waals surface area contributed by atoms with Crippen LogP contribution in [-0.2, 0) is 0 Å². The summed E-state index contributed by atoms with van der Waals surface area (Å²) in [4.78, 5) is 30.2. The number of piperidine rings is 1. The van der Waals surface area contributed by atoms with Crippen LogP contribution in [-0.4, -0.2) is 55.9 Å². The van der Waals surface area contributed by atoms with E-state index in [1.54, 1.807) is 18.5 Å². The summed E-state index contributed by atoms with van der Waals surface area (Å²) in [6.45, 7) is 0.783. The van der Waals surface area contributed by atoms with Crippen molar-refractivity contribution in [1.82, 2.24) is 25.4 Å². The molecule has 1 saturated heterocycles. The van der Waals surface area contributed by atoms with E-state index in [-0.39, 0.29) is 11.9 Å². The number of likely N-dealkylation sites (tertiary alicyclic amines) is 1. The first-order valence-electron chi connectivity index (χ1n) is 9.99. The molecule has 10 heteroatoms. The minimum atomic E-state index is -0.922. The third kappa shape index (κ3) is 3.60. The summed E-state index contributed by atoms with van der Waals surface area (Å²) < 4.78 is 7.00. The highest BCUT2D eigenvalue weighted by atomic mass is 79.9. The van der Waals surface area contributed by atoms with Gasteiger partial charge in [-0.3, -0.25) is 9.89 Å². The van der Waals surface area contributed by atoms with Crippen LogP contribution < -0.4 is 10.1 Å². The Balaban J connectivity index is 1.45. The molecule has 1 atom stereocenters. The van der Waals surface area contributed by atoms with Crippen LogP contribution in [0.15, 0.2) is 41.3 Å². The lowest BCUT2D eigenvalue weighted by molar-refractivity contribution is -0.0208. The van der Waals surface area contributed by atoms with Crippen LogP contribution in [0.2, 0.25) is 0 Å². The number of amides is 2.